The molecule has 0 fully saturated rings. The topological polar surface area (TPSA) is 371 Å². The number of phosphoric acid groups is 3. The third-order valence-electron chi connectivity index (χ3n) is 1.56. The number of carboxylic acids is 4. The average Bonchev–Trinajstić information content (AvgIpc) is 2.28. The van der Waals surface area contributed by atoms with Crippen molar-refractivity contribution in [2.45, 2.75) is 25.4 Å². The van der Waals surface area contributed by atoms with Gasteiger partial charge in [-0.1, -0.05) is 0 Å². The zero-order valence-electron chi connectivity index (χ0n) is 14.9. The summed E-state index contributed by atoms with van der Waals surface area (Å²) in [4.78, 5) is 101. The van der Waals surface area contributed by atoms with Crippen LogP contribution in [0.3, 0.4) is 0 Å². The molecule has 0 spiro atoms. The van der Waals surface area contributed by atoms with E-state index in [9.17, 15) is 18.9 Å². The summed E-state index contributed by atoms with van der Waals surface area (Å²) in [5, 5.41) is 32.9. The molecule has 0 aromatic carbocycles. The Morgan fingerprint density at radius 2 is 0.871 bits per heavy atom. The molecule has 0 aromatic heterocycles. The third kappa shape index (κ3) is 47.4. The van der Waals surface area contributed by atoms with Gasteiger partial charge in [0.1, 0.15) is 0 Å². The van der Waals surface area contributed by atoms with Crippen molar-refractivity contribution in [3.05, 3.63) is 0 Å². The minimum Gasteiger partial charge on any atom is -0.481 e. The van der Waals surface area contributed by atoms with Crippen LogP contribution in [0.25, 0.3) is 0 Å². The number of phosphoric ester groups is 1. The van der Waals surface area contributed by atoms with Gasteiger partial charge < -0.3 is 59.6 Å². The van der Waals surface area contributed by atoms with E-state index in [1.54, 1.807) is 0 Å². The van der Waals surface area contributed by atoms with Crippen molar-refractivity contribution in [1.82, 2.24) is 0 Å². The van der Waals surface area contributed by atoms with Gasteiger partial charge in [-0.05, 0) is 0 Å². The minimum absolute atomic E-state index is 0.833. The summed E-state index contributed by atoms with van der Waals surface area (Å²) in [5.74, 6) is -6.48. The molecule has 0 unspecified atom stereocenters. The molecule has 186 valence electrons. The minimum atomic E-state index is -5.36. The van der Waals surface area contributed by atoms with Gasteiger partial charge in [0.05, 0.1) is 12.8 Å². The van der Waals surface area contributed by atoms with Crippen LogP contribution in [-0.2, 0) is 37.4 Å². The van der Waals surface area contributed by atoms with Crippen LogP contribution in [0.15, 0.2) is 0 Å². The summed E-state index contributed by atoms with van der Waals surface area (Å²) >= 11 is 0. The molecule has 20 nitrogen and oxygen atoms in total. The molecule has 0 aliphatic carbocycles. The molecule has 0 rings (SSSR count). The zero-order valence-corrected chi connectivity index (χ0v) is 17.6. The van der Waals surface area contributed by atoms with Gasteiger partial charge in [-0.2, -0.15) is 0 Å². The summed E-state index contributed by atoms with van der Waals surface area (Å²) in [6.07, 6.45) is -2.81. The fourth-order valence-electron chi connectivity index (χ4n) is 1.03. The van der Waals surface area contributed by atoms with Crippen molar-refractivity contribution in [2.24, 2.45) is 0 Å². The molecule has 0 aliphatic heterocycles. The molecule has 0 aromatic rings. The lowest BCUT2D eigenvalue weighted by Crippen LogP contribution is -2.44. The molecule has 0 saturated heterocycles. The van der Waals surface area contributed by atoms with Crippen LogP contribution < -0.4 is 0 Å². The molecule has 0 radical (unpaired) electrons. The fraction of sp³-hybridized carbons (Fsp3) is 0.500. The van der Waals surface area contributed by atoms with E-state index in [2.05, 4.69) is 4.52 Å². The quantitative estimate of drug-likeness (QED) is 0.147. The van der Waals surface area contributed by atoms with Crippen molar-refractivity contribution in [2.75, 3.05) is 0 Å². The third-order valence-corrected chi connectivity index (χ3v) is 2.14. The average molecular weight is 528 g/mol. The molecule has 12 N–H and O–H groups in total. The van der Waals surface area contributed by atoms with Gasteiger partial charge in [-0.25, -0.2) is 18.5 Å². The summed E-state index contributed by atoms with van der Waals surface area (Å²) in [6.45, 7) is 1.08. The first-order valence-electron chi connectivity index (χ1n) is 6.41. The second-order valence-corrected chi connectivity index (χ2v) is 7.78. The number of hydrogen-bond acceptors (Lipinski definition) is 8. The van der Waals surface area contributed by atoms with Gasteiger partial charge in [0.15, 0.2) is 5.60 Å². The van der Waals surface area contributed by atoms with Crippen LogP contribution in [0.5, 0.6) is 0 Å². The number of hydrogen-bond donors (Lipinski definition) is 12. The van der Waals surface area contributed by atoms with E-state index in [-0.39, 0.29) is 0 Å². The highest BCUT2D eigenvalue weighted by molar-refractivity contribution is 7.46. The standard InChI is InChI=1S/C6H9O10P.C2H4O2.2H3O4P/c7-3(8)1-6(5(11)12,2-4(9)10)16-17(13,14)15;1-2(3)4;2*1-5(2,3)4/h1-2H2,(H,7,8)(H,9,10)(H,11,12)(H2,13,14,15);1H3,(H,3,4);2*(H3,1,2,3,4). The van der Waals surface area contributed by atoms with Crippen molar-refractivity contribution >= 4 is 47.3 Å². The Labute approximate surface area is 170 Å². The molecule has 0 amide bonds. The second-order valence-electron chi connectivity index (χ2n) is 4.57. The van der Waals surface area contributed by atoms with Crippen LogP contribution in [0.4, 0.5) is 0 Å². The molecule has 0 bridgehead atoms. The highest BCUT2D eigenvalue weighted by Crippen LogP contribution is 2.44. The van der Waals surface area contributed by atoms with Gasteiger partial charge in [-0.3, -0.25) is 18.9 Å². The van der Waals surface area contributed by atoms with E-state index in [4.69, 9.17) is 73.5 Å². The molecule has 0 saturated carbocycles. The molecule has 0 heterocycles. The summed E-state index contributed by atoms with van der Waals surface area (Å²) in [6, 6.07) is 0. The summed E-state index contributed by atoms with van der Waals surface area (Å²) in [5.41, 5.74) is -3.02. The normalized spacial score (nSPS) is 11.3. The molecular weight excluding hydrogens is 509 g/mol. The Balaban J connectivity index is -0.000000211. The van der Waals surface area contributed by atoms with E-state index in [1.807, 2.05) is 0 Å². The van der Waals surface area contributed by atoms with Crippen molar-refractivity contribution in [3.8, 4) is 0 Å². The van der Waals surface area contributed by atoms with Crippen molar-refractivity contribution in [1.29, 1.82) is 0 Å². The Bertz CT molecular complexity index is 681. The first-order valence-corrected chi connectivity index (χ1v) is 11.1. The van der Waals surface area contributed by atoms with Gasteiger partial charge in [-0.15, -0.1) is 0 Å². The maximum absolute atomic E-state index is 10.8. The van der Waals surface area contributed by atoms with E-state index in [0.717, 1.165) is 6.92 Å². The predicted molar refractivity (Wildman–Crippen MR) is 89.8 cm³/mol. The van der Waals surface area contributed by atoms with Gasteiger partial charge in [0.25, 0.3) is 5.97 Å². The molecule has 23 heteroatoms. The first kappa shape index (κ1) is 36.6. The monoisotopic (exact) mass is 528 g/mol. The second kappa shape index (κ2) is 15.1. The number of rotatable bonds is 7. The zero-order chi connectivity index (χ0) is 26.4. The summed E-state index contributed by atoms with van der Waals surface area (Å²) in [7, 11) is -14.6. The Morgan fingerprint density at radius 1 is 0.677 bits per heavy atom. The Hall–Kier alpha value is -1.79. The SMILES string of the molecule is CC(=O)O.O=C(O)CC(CC(=O)O)(OP(=O)(O)O)C(=O)O.O=P(O)(O)O.O=P(O)(O)O. The smallest absolute Gasteiger partial charge is 0.470 e. The number of aliphatic carboxylic acids is 4. The fourth-order valence-corrected chi connectivity index (χ4v) is 1.70. The lowest BCUT2D eigenvalue weighted by molar-refractivity contribution is -0.168. The van der Waals surface area contributed by atoms with Crippen molar-refractivity contribution in [3.63, 3.8) is 0 Å². The summed E-state index contributed by atoms with van der Waals surface area (Å²) < 4.78 is 32.1. The van der Waals surface area contributed by atoms with E-state index in [1.165, 1.54) is 0 Å². The number of carbonyl (C=O) groups is 4. The van der Waals surface area contributed by atoms with E-state index >= 15 is 0 Å². The maximum atomic E-state index is 10.8. The maximum Gasteiger partial charge on any atom is 0.470 e. The Morgan fingerprint density at radius 3 is 0.968 bits per heavy atom. The van der Waals surface area contributed by atoms with Crippen LogP contribution in [0, 0.1) is 0 Å². The van der Waals surface area contributed by atoms with Crippen LogP contribution >= 0.6 is 23.5 Å². The van der Waals surface area contributed by atoms with Crippen LogP contribution in [0.2, 0.25) is 0 Å². The van der Waals surface area contributed by atoms with Gasteiger partial charge in [0.2, 0.25) is 0 Å². The van der Waals surface area contributed by atoms with Gasteiger partial charge >= 0.3 is 41.4 Å². The highest BCUT2D eigenvalue weighted by atomic mass is 31.2. The van der Waals surface area contributed by atoms with E-state index < -0.39 is 65.8 Å². The molecular formula is C8H19O20P3. The number of carboxylic acid groups (broad SMARTS) is 4. The van der Waals surface area contributed by atoms with Crippen molar-refractivity contribution < 1.29 is 97.0 Å². The van der Waals surface area contributed by atoms with E-state index in [0.29, 0.717) is 0 Å². The lowest BCUT2D eigenvalue weighted by Gasteiger charge is -2.26. The first-order chi connectivity index (χ1) is 13.2. The molecule has 0 aliphatic rings. The largest absolute Gasteiger partial charge is 0.481 e. The highest BCUT2D eigenvalue weighted by Gasteiger charge is 2.49. The van der Waals surface area contributed by atoms with Crippen LogP contribution in [-0.4, -0.2) is 89.1 Å². The molecule has 0 atom stereocenters. The Kier molecular flexibility index (Phi) is 17.8. The lowest BCUT2D eigenvalue weighted by atomic mass is 9.96. The predicted octanol–water partition coefficient (Wildman–Crippen LogP) is -2.90. The van der Waals surface area contributed by atoms with Gasteiger partial charge in [0, 0.05) is 6.92 Å². The van der Waals surface area contributed by atoms with Crippen LogP contribution in [0.1, 0.15) is 19.8 Å². The molecule has 31 heavy (non-hydrogen) atoms.